The number of benzene rings is 1. The van der Waals surface area contributed by atoms with Crippen LogP contribution in [0.25, 0.3) is 0 Å². The number of hydrogen-bond donors (Lipinski definition) is 1. The summed E-state index contributed by atoms with van der Waals surface area (Å²) >= 11 is 2.03. The maximum atomic E-state index is 10.9. The summed E-state index contributed by atoms with van der Waals surface area (Å²) in [4.78, 5) is 0. The van der Waals surface area contributed by atoms with Crippen LogP contribution in [-0.4, -0.2) is 10.4 Å². The molecule has 1 nitrogen and oxygen atoms in total. The third kappa shape index (κ3) is 7.46. The standard InChI is InChI=1S/C25H38OS/c1-24(2,3)15-14-19-16-21(25(4,5)6)17-20(23(19)26)18-27-22-12-10-8-7-9-11-13-22/h16-17,22,26H,7-13,18H2,1-6H3. The molecule has 1 fully saturated rings. The molecule has 0 saturated heterocycles. The van der Waals surface area contributed by atoms with E-state index in [0.29, 0.717) is 5.75 Å². The second kappa shape index (κ2) is 9.42. The van der Waals surface area contributed by atoms with Gasteiger partial charge in [0.05, 0.1) is 5.56 Å². The summed E-state index contributed by atoms with van der Waals surface area (Å²) in [5, 5.41) is 11.6. The first-order valence-corrected chi connectivity index (χ1v) is 11.6. The smallest absolute Gasteiger partial charge is 0.135 e. The summed E-state index contributed by atoms with van der Waals surface area (Å²) in [6, 6.07) is 4.28. The van der Waals surface area contributed by atoms with Crippen molar-refractivity contribution in [1.29, 1.82) is 0 Å². The Bertz CT molecular complexity index is 671. The lowest BCUT2D eigenvalue weighted by Crippen LogP contribution is -2.12. The predicted molar refractivity (Wildman–Crippen MR) is 121 cm³/mol. The molecular weight excluding hydrogens is 348 g/mol. The molecule has 1 aliphatic carbocycles. The van der Waals surface area contributed by atoms with Gasteiger partial charge < -0.3 is 5.11 Å². The highest BCUT2D eigenvalue weighted by Gasteiger charge is 2.20. The molecule has 0 heterocycles. The molecule has 0 amide bonds. The van der Waals surface area contributed by atoms with Gasteiger partial charge in [-0.25, -0.2) is 0 Å². The summed E-state index contributed by atoms with van der Waals surface area (Å²) in [6.45, 7) is 13.0. The van der Waals surface area contributed by atoms with Crippen LogP contribution in [0.5, 0.6) is 5.75 Å². The Balaban J connectivity index is 2.26. The highest BCUT2D eigenvalue weighted by atomic mass is 32.2. The van der Waals surface area contributed by atoms with Crippen LogP contribution in [0.4, 0.5) is 0 Å². The Morgan fingerprint density at radius 3 is 2.11 bits per heavy atom. The van der Waals surface area contributed by atoms with Crippen molar-refractivity contribution in [1.82, 2.24) is 0 Å². The predicted octanol–water partition coefficient (Wildman–Crippen LogP) is 7.43. The van der Waals surface area contributed by atoms with Crippen LogP contribution < -0.4 is 0 Å². The third-order valence-electron chi connectivity index (χ3n) is 5.15. The van der Waals surface area contributed by atoms with Gasteiger partial charge in [-0.05, 0) is 50.7 Å². The van der Waals surface area contributed by atoms with Crippen molar-refractivity contribution in [3.05, 3.63) is 28.8 Å². The molecule has 1 N–H and O–H groups in total. The normalized spacial score (nSPS) is 17.0. The maximum absolute atomic E-state index is 10.9. The lowest BCUT2D eigenvalue weighted by atomic mass is 9.84. The molecule has 1 aromatic rings. The highest BCUT2D eigenvalue weighted by molar-refractivity contribution is 7.99. The molecule has 27 heavy (non-hydrogen) atoms. The highest BCUT2D eigenvalue weighted by Crippen LogP contribution is 2.36. The maximum Gasteiger partial charge on any atom is 0.135 e. The van der Waals surface area contributed by atoms with Crippen molar-refractivity contribution < 1.29 is 5.11 Å². The van der Waals surface area contributed by atoms with Gasteiger partial charge in [-0.1, -0.05) is 70.8 Å². The molecule has 0 spiro atoms. The molecule has 0 atom stereocenters. The number of rotatable bonds is 3. The van der Waals surface area contributed by atoms with E-state index in [9.17, 15) is 5.11 Å². The van der Waals surface area contributed by atoms with E-state index in [0.717, 1.165) is 22.1 Å². The largest absolute Gasteiger partial charge is 0.506 e. The first-order chi connectivity index (χ1) is 12.6. The van der Waals surface area contributed by atoms with Crippen LogP contribution in [0, 0.1) is 17.3 Å². The molecule has 1 aliphatic rings. The average Bonchev–Trinajstić information content (AvgIpc) is 2.52. The molecule has 0 aliphatic heterocycles. The number of phenolic OH excluding ortho intramolecular Hbond substituents is 1. The van der Waals surface area contributed by atoms with Crippen LogP contribution >= 0.6 is 11.8 Å². The van der Waals surface area contributed by atoms with Crippen molar-refractivity contribution in [3.63, 3.8) is 0 Å². The summed E-state index contributed by atoms with van der Waals surface area (Å²) < 4.78 is 0. The minimum Gasteiger partial charge on any atom is -0.506 e. The van der Waals surface area contributed by atoms with Gasteiger partial charge in [0.2, 0.25) is 0 Å². The molecule has 150 valence electrons. The molecular formula is C25H38OS. The van der Waals surface area contributed by atoms with Crippen molar-refractivity contribution in [2.75, 3.05) is 0 Å². The summed E-state index contributed by atoms with van der Waals surface area (Å²) in [5.74, 6) is 7.81. The molecule has 0 bridgehead atoms. The van der Waals surface area contributed by atoms with Crippen molar-refractivity contribution in [2.45, 2.75) is 103 Å². The van der Waals surface area contributed by atoms with Gasteiger partial charge in [-0.15, -0.1) is 0 Å². The van der Waals surface area contributed by atoms with E-state index >= 15 is 0 Å². The zero-order chi connectivity index (χ0) is 20.1. The quantitative estimate of drug-likeness (QED) is 0.545. The first-order valence-electron chi connectivity index (χ1n) is 10.6. The fraction of sp³-hybridized carbons (Fsp3) is 0.680. The lowest BCUT2D eigenvalue weighted by Gasteiger charge is -2.23. The molecule has 0 aromatic heterocycles. The van der Waals surface area contributed by atoms with Crippen molar-refractivity contribution >= 4 is 11.8 Å². The molecule has 0 radical (unpaired) electrons. The molecule has 1 aromatic carbocycles. The Morgan fingerprint density at radius 1 is 0.963 bits per heavy atom. The fourth-order valence-electron chi connectivity index (χ4n) is 3.38. The fourth-order valence-corrected chi connectivity index (χ4v) is 4.68. The van der Waals surface area contributed by atoms with E-state index in [1.54, 1.807) is 0 Å². The van der Waals surface area contributed by atoms with Crippen LogP contribution in [0.3, 0.4) is 0 Å². The summed E-state index contributed by atoms with van der Waals surface area (Å²) in [5.41, 5.74) is 3.06. The minimum absolute atomic E-state index is 0.0471. The molecule has 2 rings (SSSR count). The molecule has 2 heteroatoms. The van der Waals surface area contributed by atoms with E-state index < -0.39 is 0 Å². The monoisotopic (exact) mass is 386 g/mol. The number of hydrogen-bond acceptors (Lipinski definition) is 2. The third-order valence-corrected chi connectivity index (χ3v) is 6.57. The topological polar surface area (TPSA) is 20.2 Å². The van der Waals surface area contributed by atoms with Crippen LogP contribution in [0.15, 0.2) is 12.1 Å². The lowest BCUT2D eigenvalue weighted by molar-refractivity contribution is 0.467. The zero-order valence-electron chi connectivity index (χ0n) is 18.2. The van der Waals surface area contributed by atoms with Gasteiger partial charge >= 0.3 is 0 Å². The average molecular weight is 387 g/mol. The van der Waals surface area contributed by atoms with E-state index in [1.807, 2.05) is 11.8 Å². The van der Waals surface area contributed by atoms with Gasteiger partial charge in [0.25, 0.3) is 0 Å². The second-order valence-electron chi connectivity index (χ2n) is 10.1. The van der Waals surface area contributed by atoms with E-state index in [1.165, 1.54) is 50.5 Å². The van der Waals surface area contributed by atoms with E-state index in [2.05, 4.69) is 65.5 Å². The van der Waals surface area contributed by atoms with Crippen molar-refractivity contribution in [2.24, 2.45) is 5.41 Å². The zero-order valence-corrected chi connectivity index (χ0v) is 19.1. The molecule has 0 unspecified atom stereocenters. The summed E-state index contributed by atoms with van der Waals surface area (Å²) in [6.07, 6.45) is 9.52. The van der Waals surface area contributed by atoms with Crippen molar-refractivity contribution in [3.8, 4) is 17.6 Å². The number of phenols is 1. The number of thioether (sulfide) groups is 1. The van der Waals surface area contributed by atoms with Gasteiger partial charge in [-0.3, -0.25) is 0 Å². The Kier molecular flexibility index (Phi) is 7.75. The van der Waals surface area contributed by atoms with E-state index in [4.69, 9.17) is 0 Å². The second-order valence-corrected chi connectivity index (χ2v) is 11.3. The van der Waals surface area contributed by atoms with Crippen LogP contribution in [0.1, 0.15) is 103 Å². The molecule has 1 saturated carbocycles. The van der Waals surface area contributed by atoms with Gasteiger partial charge in [0.15, 0.2) is 0 Å². The van der Waals surface area contributed by atoms with Gasteiger partial charge in [0, 0.05) is 22.0 Å². The van der Waals surface area contributed by atoms with Crippen LogP contribution in [0.2, 0.25) is 0 Å². The number of aromatic hydroxyl groups is 1. The Hall–Kier alpha value is -1.07. The van der Waals surface area contributed by atoms with Gasteiger partial charge in [0.1, 0.15) is 5.75 Å². The van der Waals surface area contributed by atoms with Crippen LogP contribution in [-0.2, 0) is 11.2 Å². The SMILES string of the molecule is CC(C)(C)C#Cc1cc(C(C)(C)C)cc(CSC2CCCCCCC2)c1O. The first kappa shape index (κ1) is 22.2. The Labute approximate surface area is 171 Å². The minimum atomic E-state index is -0.0715. The van der Waals surface area contributed by atoms with E-state index in [-0.39, 0.29) is 10.8 Å². The van der Waals surface area contributed by atoms with Gasteiger partial charge in [-0.2, -0.15) is 11.8 Å². The Morgan fingerprint density at radius 2 is 1.56 bits per heavy atom. The summed E-state index contributed by atoms with van der Waals surface area (Å²) in [7, 11) is 0.